The summed E-state index contributed by atoms with van der Waals surface area (Å²) in [5, 5.41) is 4.07. The molecule has 3 aromatic rings. The molecule has 2 aliphatic rings. The Morgan fingerprint density at radius 2 is 1.26 bits per heavy atom. The molecule has 0 spiro atoms. The summed E-state index contributed by atoms with van der Waals surface area (Å²) in [6, 6.07) is 17.5. The summed E-state index contributed by atoms with van der Waals surface area (Å²) >= 11 is 0. The van der Waals surface area contributed by atoms with Gasteiger partial charge in [-0.15, -0.1) is 0 Å². The van der Waals surface area contributed by atoms with Gasteiger partial charge in [0.1, 0.15) is 11.5 Å². The molecular formula is C31H39O2P. The van der Waals surface area contributed by atoms with Crippen molar-refractivity contribution in [1.82, 2.24) is 0 Å². The highest BCUT2D eigenvalue weighted by Gasteiger charge is 2.35. The molecular weight excluding hydrogens is 435 g/mol. The minimum absolute atomic E-state index is 0.269. The van der Waals surface area contributed by atoms with Gasteiger partial charge in [0.25, 0.3) is 0 Å². The fourth-order valence-electron chi connectivity index (χ4n) is 6.51. The van der Waals surface area contributed by atoms with Crippen LogP contribution in [0.2, 0.25) is 0 Å². The van der Waals surface area contributed by atoms with E-state index in [-0.39, 0.29) is 7.92 Å². The molecule has 0 saturated heterocycles. The van der Waals surface area contributed by atoms with Crippen LogP contribution in [0.1, 0.15) is 69.8 Å². The second kappa shape index (κ2) is 10.7. The maximum Gasteiger partial charge on any atom is 0.127 e. The highest BCUT2D eigenvalue weighted by atomic mass is 31.1. The van der Waals surface area contributed by atoms with Gasteiger partial charge in [-0.25, -0.2) is 0 Å². The largest absolute Gasteiger partial charge is 0.496 e. The minimum Gasteiger partial charge on any atom is -0.496 e. The van der Waals surface area contributed by atoms with Crippen molar-refractivity contribution in [2.24, 2.45) is 0 Å². The normalized spacial score (nSPS) is 17.9. The third-order valence-corrected chi connectivity index (χ3v) is 11.9. The van der Waals surface area contributed by atoms with Crippen LogP contribution in [-0.2, 0) is 0 Å². The summed E-state index contributed by atoms with van der Waals surface area (Å²) < 4.78 is 12.0. The third kappa shape index (κ3) is 4.47. The van der Waals surface area contributed by atoms with Crippen LogP contribution in [0.4, 0.5) is 0 Å². The fraction of sp³-hybridized carbons (Fsp3) is 0.484. The fourth-order valence-corrected chi connectivity index (χ4v) is 10.6. The first-order valence-corrected chi connectivity index (χ1v) is 14.7. The molecule has 5 rings (SSSR count). The predicted octanol–water partition coefficient (Wildman–Crippen LogP) is 8.61. The number of benzene rings is 3. The van der Waals surface area contributed by atoms with E-state index in [0.717, 1.165) is 22.8 Å². The van der Waals surface area contributed by atoms with E-state index in [1.165, 1.54) is 91.7 Å². The smallest absolute Gasteiger partial charge is 0.127 e. The van der Waals surface area contributed by atoms with Crippen LogP contribution in [0, 0.1) is 6.92 Å². The Labute approximate surface area is 206 Å². The number of hydrogen-bond acceptors (Lipinski definition) is 2. The summed E-state index contributed by atoms with van der Waals surface area (Å²) in [5.74, 6) is 2.07. The minimum atomic E-state index is -0.269. The number of ether oxygens (including phenoxy) is 2. The molecule has 0 bridgehead atoms. The number of methoxy groups -OCH3 is 2. The van der Waals surface area contributed by atoms with Gasteiger partial charge in [0.2, 0.25) is 0 Å². The lowest BCUT2D eigenvalue weighted by Crippen LogP contribution is -2.28. The van der Waals surface area contributed by atoms with Gasteiger partial charge in [-0.1, -0.05) is 82.8 Å². The maximum atomic E-state index is 6.11. The quantitative estimate of drug-likeness (QED) is 0.333. The zero-order chi connectivity index (χ0) is 23.5. The Kier molecular flexibility index (Phi) is 7.45. The van der Waals surface area contributed by atoms with Crippen LogP contribution in [0.3, 0.4) is 0 Å². The average molecular weight is 475 g/mol. The number of fused-ring (bicyclic) bond motifs is 1. The summed E-state index contributed by atoms with van der Waals surface area (Å²) in [6.45, 7) is 2.36. The van der Waals surface area contributed by atoms with E-state index in [4.69, 9.17) is 9.47 Å². The molecule has 2 aliphatic carbocycles. The van der Waals surface area contributed by atoms with Gasteiger partial charge in [-0.05, 0) is 78.0 Å². The summed E-state index contributed by atoms with van der Waals surface area (Å²) in [5.41, 5.74) is 5.62. The second-order valence-corrected chi connectivity index (χ2v) is 12.9. The molecule has 2 fully saturated rings. The molecule has 2 saturated carbocycles. The van der Waals surface area contributed by atoms with Gasteiger partial charge in [-0.3, -0.25) is 0 Å². The molecule has 34 heavy (non-hydrogen) atoms. The molecule has 0 aliphatic heterocycles. The predicted molar refractivity (Wildman–Crippen MR) is 148 cm³/mol. The maximum absolute atomic E-state index is 6.11. The van der Waals surface area contributed by atoms with Crippen LogP contribution in [0.15, 0.2) is 48.5 Å². The first-order chi connectivity index (χ1) is 16.7. The lowest BCUT2D eigenvalue weighted by atomic mass is 9.94. The summed E-state index contributed by atoms with van der Waals surface area (Å²) in [7, 11) is 3.39. The Morgan fingerprint density at radius 1 is 0.676 bits per heavy atom. The zero-order valence-corrected chi connectivity index (χ0v) is 22.0. The highest BCUT2D eigenvalue weighted by molar-refractivity contribution is 7.67. The van der Waals surface area contributed by atoms with Gasteiger partial charge in [0.15, 0.2) is 0 Å². The molecule has 3 aromatic carbocycles. The van der Waals surface area contributed by atoms with Gasteiger partial charge >= 0.3 is 0 Å². The van der Waals surface area contributed by atoms with Crippen molar-refractivity contribution in [3.63, 3.8) is 0 Å². The van der Waals surface area contributed by atoms with Crippen molar-refractivity contribution in [3.8, 4) is 22.6 Å². The van der Waals surface area contributed by atoms with Crippen LogP contribution in [-0.4, -0.2) is 25.5 Å². The average Bonchev–Trinajstić information content (AvgIpc) is 2.90. The molecule has 180 valence electrons. The first kappa shape index (κ1) is 23.7. The van der Waals surface area contributed by atoms with Crippen molar-refractivity contribution in [2.45, 2.75) is 82.4 Å². The van der Waals surface area contributed by atoms with E-state index in [0.29, 0.717) is 0 Å². The molecule has 2 nitrogen and oxygen atoms in total. The van der Waals surface area contributed by atoms with Crippen molar-refractivity contribution >= 4 is 24.0 Å². The molecule has 3 heteroatoms. The second-order valence-electron chi connectivity index (χ2n) is 10.1. The van der Waals surface area contributed by atoms with Gasteiger partial charge < -0.3 is 9.47 Å². The standard InChI is InChI=1S/C31H39O2P/c1-22-26(30-27-17-11-10-12-23(27)18-20-28(30)32-2)19-21-29(33-3)31(22)34(24-13-6-4-7-14-24)25-15-8-5-9-16-25/h10-12,17-21,24-25H,4-9,13-16H2,1-3H3. The topological polar surface area (TPSA) is 18.5 Å². The third-order valence-electron chi connectivity index (χ3n) is 8.19. The van der Waals surface area contributed by atoms with Gasteiger partial charge in [0.05, 0.1) is 14.2 Å². The summed E-state index contributed by atoms with van der Waals surface area (Å²) in [4.78, 5) is 0. The SMILES string of the molecule is COc1ccc(-c2c(OC)ccc3ccccc23)c(C)c1P(C1CCCCC1)C1CCCCC1. The van der Waals surface area contributed by atoms with Gasteiger partial charge in [0, 0.05) is 10.9 Å². The van der Waals surface area contributed by atoms with Crippen LogP contribution in [0.25, 0.3) is 21.9 Å². The van der Waals surface area contributed by atoms with Crippen LogP contribution in [0.5, 0.6) is 11.5 Å². The van der Waals surface area contributed by atoms with E-state index in [1.807, 2.05) is 7.11 Å². The highest BCUT2D eigenvalue weighted by Crippen LogP contribution is 2.57. The van der Waals surface area contributed by atoms with Crippen LogP contribution < -0.4 is 14.8 Å². The monoisotopic (exact) mass is 474 g/mol. The number of hydrogen-bond donors (Lipinski definition) is 0. The Balaban J connectivity index is 1.71. The lowest BCUT2D eigenvalue weighted by molar-refractivity contribution is 0.416. The Hall–Kier alpha value is -2.05. The molecule has 0 radical (unpaired) electrons. The molecule has 0 N–H and O–H groups in total. The van der Waals surface area contributed by atoms with Gasteiger partial charge in [-0.2, -0.15) is 0 Å². The first-order valence-electron chi connectivity index (χ1n) is 13.2. The van der Waals surface area contributed by atoms with Crippen molar-refractivity contribution < 1.29 is 9.47 Å². The molecule has 0 amide bonds. The molecule has 0 atom stereocenters. The van der Waals surface area contributed by atoms with E-state index >= 15 is 0 Å². The Bertz CT molecular complexity index is 1110. The van der Waals surface area contributed by atoms with E-state index in [2.05, 4.69) is 55.5 Å². The molecule has 0 aromatic heterocycles. The summed E-state index contributed by atoms with van der Waals surface area (Å²) in [6.07, 6.45) is 14.0. The number of rotatable bonds is 6. The zero-order valence-electron chi connectivity index (χ0n) is 21.1. The van der Waals surface area contributed by atoms with E-state index in [9.17, 15) is 0 Å². The molecule has 0 unspecified atom stereocenters. The van der Waals surface area contributed by atoms with E-state index < -0.39 is 0 Å². The Morgan fingerprint density at radius 3 is 1.88 bits per heavy atom. The van der Waals surface area contributed by atoms with Crippen molar-refractivity contribution in [3.05, 3.63) is 54.1 Å². The lowest BCUT2D eigenvalue weighted by Gasteiger charge is -2.40. The molecule has 0 heterocycles. The van der Waals surface area contributed by atoms with E-state index in [1.54, 1.807) is 12.4 Å². The van der Waals surface area contributed by atoms with Crippen molar-refractivity contribution in [1.29, 1.82) is 0 Å². The van der Waals surface area contributed by atoms with Crippen LogP contribution >= 0.6 is 7.92 Å². The van der Waals surface area contributed by atoms with Crippen molar-refractivity contribution in [2.75, 3.05) is 14.2 Å².